The maximum Gasteiger partial charge on any atom is 0.258 e. The normalized spacial score (nSPS) is 15.2. The summed E-state index contributed by atoms with van der Waals surface area (Å²) >= 11 is 3.12. The molecule has 3 aromatic heterocycles. The number of hydrogen-bond donors (Lipinski definition) is 0. The molecule has 1 aliphatic heterocycles. The summed E-state index contributed by atoms with van der Waals surface area (Å²) in [6.07, 6.45) is 3.41. The molecule has 9 heteroatoms. The highest BCUT2D eigenvalue weighted by molar-refractivity contribution is 7.99. The zero-order valence-corrected chi connectivity index (χ0v) is 17.2. The van der Waals surface area contributed by atoms with Crippen molar-refractivity contribution in [2.45, 2.75) is 18.5 Å². The summed E-state index contributed by atoms with van der Waals surface area (Å²) in [7, 11) is 0. The van der Waals surface area contributed by atoms with Gasteiger partial charge in [-0.05, 0) is 17.9 Å². The van der Waals surface area contributed by atoms with Crippen molar-refractivity contribution in [2.75, 3.05) is 31.9 Å². The maximum atomic E-state index is 12.7. The van der Waals surface area contributed by atoms with Crippen LogP contribution in [0.15, 0.2) is 45.8 Å². The average Bonchev–Trinajstić information content (AvgIpc) is 3.18. The topological polar surface area (TPSA) is 70.8 Å². The van der Waals surface area contributed by atoms with E-state index >= 15 is 0 Å². The Balaban J connectivity index is 1.35. The Labute approximate surface area is 171 Å². The van der Waals surface area contributed by atoms with E-state index in [1.165, 1.54) is 11.3 Å². The molecule has 4 heterocycles. The van der Waals surface area contributed by atoms with Crippen molar-refractivity contribution in [3.05, 3.63) is 57.6 Å². The maximum absolute atomic E-state index is 12.7. The molecular formula is C19H21N5O2S2. The van der Waals surface area contributed by atoms with Gasteiger partial charge in [0.25, 0.3) is 11.5 Å². The molecule has 1 fully saturated rings. The van der Waals surface area contributed by atoms with Crippen molar-refractivity contribution < 1.29 is 4.79 Å². The number of thiazole rings is 1. The summed E-state index contributed by atoms with van der Waals surface area (Å²) in [4.78, 5) is 38.5. The second-order valence-electron chi connectivity index (χ2n) is 6.53. The smallest absolute Gasteiger partial charge is 0.258 e. The molecule has 1 amide bonds. The van der Waals surface area contributed by atoms with E-state index in [2.05, 4.69) is 21.8 Å². The molecule has 7 nitrogen and oxygen atoms in total. The standard InChI is InChI=1S/C19H21N5O2S2/c1-2-27-16-4-3-14(12-20-16)18(26)23-7-5-22(6-8-23)13-15-11-17(25)24-9-10-28-19(24)21-15/h3-4,9-12H,2,5-8,13H2,1H3. The molecule has 146 valence electrons. The fourth-order valence-corrected chi connectivity index (χ4v) is 4.56. The van der Waals surface area contributed by atoms with E-state index < -0.39 is 0 Å². The fourth-order valence-electron chi connectivity index (χ4n) is 3.23. The van der Waals surface area contributed by atoms with Crippen LogP contribution in [0.2, 0.25) is 0 Å². The molecule has 0 unspecified atom stereocenters. The van der Waals surface area contributed by atoms with Crippen LogP contribution >= 0.6 is 23.1 Å². The average molecular weight is 416 g/mol. The molecule has 0 N–H and O–H groups in total. The van der Waals surface area contributed by atoms with Gasteiger partial charge < -0.3 is 4.90 Å². The zero-order chi connectivity index (χ0) is 19.5. The van der Waals surface area contributed by atoms with Gasteiger partial charge in [0.1, 0.15) is 0 Å². The van der Waals surface area contributed by atoms with Crippen LogP contribution in [0.25, 0.3) is 4.96 Å². The summed E-state index contributed by atoms with van der Waals surface area (Å²) < 4.78 is 1.56. The lowest BCUT2D eigenvalue weighted by Gasteiger charge is -2.34. The van der Waals surface area contributed by atoms with Gasteiger partial charge in [0.2, 0.25) is 0 Å². The molecule has 1 aliphatic rings. The lowest BCUT2D eigenvalue weighted by molar-refractivity contribution is 0.0626. The summed E-state index contributed by atoms with van der Waals surface area (Å²) in [6.45, 7) is 5.53. The number of rotatable bonds is 5. The highest BCUT2D eigenvalue weighted by Crippen LogP contribution is 2.16. The minimum absolute atomic E-state index is 0.0246. The molecule has 0 atom stereocenters. The van der Waals surface area contributed by atoms with Gasteiger partial charge in [0, 0.05) is 56.6 Å². The third-order valence-corrected chi connectivity index (χ3v) is 6.26. The van der Waals surface area contributed by atoms with Gasteiger partial charge in [-0.25, -0.2) is 9.97 Å². The molecule has 28 heavy (non-hydrogen) atoms. The molecule has 1 saturated heterocycles. The Bertz CT molecular complexity index is 1020. The first-order valence-corrected chi connectivity index (χ1v) is 11.1. The second-order valence-corrected chi connectivity index (χ2v) is 8.69. The van der Waals surface area contributed by atoms with Crippen molar-refractivity contribution >= 4 is 34.0 Å². The lowest BCUT2D eigenvalue weighted by Crippen LogP contribution is -2.48. The van der Waals surface area contributed by atoms with Gasteiger partial charge in [0.05, 0.1) is 16.3 Å². The van der Waals surface area contributed by atoms with E-state index in [-0.39, 0.29) is 11.5 Å². The number of nitrogens with zero attached hydrogens (tertiary/aromatic N) is 5. The number of fused-ring (bicyclic) bond motifs is 1. The molecule has 0 spiro atoms. The summed E-state index contributed by atoms with van der Waals surface area (Å²) in [5, 5.41) is 2.80. The molecule has 3 aromatic rings. The molecule has 0 bridgehead atoms. The van der Waals surface area contributed by atoms with Gasteiger partial charge in [-0.1, -0.05) is 6.92 Å². The number of pyridine rings is 1. The van der Waals surface area contributed by atoms with Crippen LogP contribution < -0.4 is 5.56 Å². The van der Waals surface area contributed by atoms with Crippen LogP contribution in [0.5, 0.6) is 0 Å². The minimum atomic E-state index is -0.0488. The fraction of sp³-hybridized carbons (Fsp3) is 0.368. The summed E-state index contributed by atoms with van der Waals surface area (Å²) in [6, 6.07) is 5.36. The Morgan fingerprint density at radius 2 is 2.07 bits per heavy atom. The highest BCUT2D eigenvalue weighted by atomic mass is 32.2. The van der Waals surface area contributed by atoms with Crippen LogP contribution in [0, 0.1) is 0 Å². The van der Waals surface area contributed by atoms with Gasteiger partial charge in [-0.3, -0.25) is 18.9 Å². The predicted octanol–water partition coefficient (Wildman–Crippen LogP) is 2.22. The number of piperazine rings is 1. The molecule has 0 saturated carbocycles. The van der Waals surface area contributed by atoms with E-state index in [0.717, 1.165) is 29.6 Å². The second kappa shape index (κ2) is 8.42. The summed E-state index contributed by atoms with van der Waals surface area (Å²) in [5.74, 6) is 0.986. The summed E-state index contributed by atoms with van der Waals surface area (Å²) in [5.41, 5.74) is 1.36. The first-order chi connectivity index (χ1) is 13.6. The van der Waals surface area contributed by atoms with Crippen molar-refractivity contribution in [3.8, 4) is 0 Å². The largest absolute Gasteiger partial charge is 0.336 e. The van der Waals surface area contributed by atoms with E-state index in [9.17, 15) is 9.59 Å². The molecule has 4 rings (SSSR count). The van der Waals surface area contributed by atoms with Gasteiger partial charge >= 0.3 is 0 Å². The predicted molar refractivity (Wildman–Crippen MR) is 111 cm³/mol. The van der Waals surface area contributed by atoms with Gasteiger partial charge in [-0.15, -0.1) is 23.1 Å². The number of thioether (sulfide) groups is 1. The molecule has 0 aromatic carbocycles. The molecule has 0 radical (unpaired) electrons. The van der Waals surface area contributed by atoms with E-state index in [0.29, 0.717) is 30.2 Å². The van der Waals surface area contributed by atoms with Crippen LogP contribution in [-0.4, -0.2) is 62.0 Å². The van der Waals surface area contributed by atoms with Crippen molar-refractivity contribution in [2.24, 2.45) is 0 Å². The zero-order valence-electron chi connectivity index (χ0n) is 15.6. The minimum Gasteiger partial charge on any atom is -0.336 e. The molecule has 0 aliphatic carbocycles. The van der Waals surface area contributed by atoms with Gasteiger partial charge in [-0.2, -0.15) is 0 Å². The van der Waals surface area contributed by atoms with Crippen LogP contribution in [-0.2, 0) is 6.54 Å². The Morgan fingerprint density at radius 1 is 1.25 bits per heavy atom. The number of carbonyl (C=O) groups is 1. The van der Waals surface area contributed by atoms with E-state index in [4.69, 9.17) is 0 Å². The third-order valence-electron chi connectivity index (χ3n) is 4.68. The van der Waals surface area contributed by atoms with Crippen LogP contribution in [0.1, 0.15) is 23.0 Å². The van der Waals surface area contributed by atoms with Crippen molar-refractivity contribution in [3.63, 3.8) is 0 Å². The number of carbonyl (C=O) groups excluding carboxylic acids is 1. The third kappa shape index (κ3) is 4.11. The van der Waals surface area contributed by atoms with E-state index in [1.54, 1.807) is 34.6 Å². The Kier molecular flexibility index (Phi) is 5.74. The number of hydrogen-bond acceptors (Lipinski definition) is 7. The van der Waals surface area contributed by atoms with Crippen molar-refractivity contribution in [1.29, 1.82) is 0 Å². The first kappa shape index (κ1) is 19.1. The van der Waals surface area contributed by atoms with Gasteiger partial charge in [0.15, 0.2) is 4.96 Å². The number of amides is 1. The number of aromatic nitrogens is 3. The Hall–Kier alpha value is -2.23. The first-order valence-electron chi connectivity index (χ1n) is 9.20. The quantitative estimate of drug-likeness (QED) is 0.595. The van der Waals surface area contributed by atoms with Crippen LogP contribution in [0.4, 0.5) is 0 Å². The van der Waals surface area contributed by atoms with Crippen molar-refractivity contribution in [1.82, 2.24) is 24.2 Å². The Morgan fingerprint density at radius 3 is 2.79 bits per heavy atom. The van der Waals surface area contributed by atoms with Crippen LogP contribution in [0.3, 0.4) is 0 Å². The van der Waals surface area contributed by atoms with E-state index in [1.807, 2.05) is 22.4 Å². The monoisotopic (exact) mass is 415 g/mol. The SMILES string of the molecule is CCSc1ccc(C(=O)N2CCN(Cc3cc(=O)n4ccsc4n3)CC2)cn1. The molecular weight excluding hydrogens is 394 g/mol. The highest BCUT2D eigenvalue weighted by Gasteiger charge is 2.23. The lowest BCUT2D eigenvalue weighted by atomic mass is 10.2.